The zero-order valence-electron chi connectivity index (χ0n) is 12.6. The maximum absolute atomic E-state index is 12.4. The SMILES string of the molecule is O=C(N[C@@H](Cc1ccccn1)C1CC(O)C1)c1ccncc1O. The number of aromatic hydroxyl groups is 1. The van der Waals surface area contributed by atoms with Gasteiger partial charge in [0.15, 0.2) is 0 Å². The topological polar surface area (TPSA) is 95.3 Å². The molecule has 1 amide bonds. The maximum atomic E-state index is 12.4. The highest BCUT2D eigenvalue weighted by Gasteiger charge is 2.35. The Morgan fingerprint density at radius 2 is 2.13 bits per heavy atom. The van der Waals surface area contributed by atoms with Crippen LogP contribution in [0.5, 0.6) is 5.75 Å². The molecule has 1 saturated carbocycles. The molecule has 6 heteroatoms. The van der Waals surface area contributed by atoms with Crippen molar-refractivity contribution in [1.82, 2.24) is 15.3 Å². The molecule has 0 aliphatic heterocycles. The van der Waals surface area contributed by atoms with E-state index in [4.69, 9.17) is 0 Å². The minimum Gasteiger partial charge on any atom is -0.505 e. The van der Waals surface area contributed by atoms with Crippen molar-refractivity contribution in [2.45, 2.75) is 31.4 Å². The lowest BCUT2D eigenvalue weighted by atomic mass is 9.76. The fraction of sp³-hybridized carbons (Fsp3) is 0.353. The van der Waals surface area contributed by atoms with Gasteiger partial charge in [-0.1, -0.05) is 6.07 Å². The molecule has 120 valence electrons. The van der Waals surface area contributed by atoms with Crippen LogP contribution in [0.25, 0.3) is 0 Å². The average molecular weight is 313 g/mol. The van der Waals surface area contributed by atoms with Gasteiger partial charge in [-0.3, -0.25) is 14.8 Å². The molecule has 1 fully saturated rings. The maximum Gasteiger partial charge on any atom is 0.255 e. The largest absolute Gasteiger partial charge is 0.505 e. The molecular weight excluding hydrogens is 294 g/mol. The first-order valence-corrected chi connectivity index (χ1v) is 7.65. The summed E-state index contributed by atoms with van der Waals surface area (Å²) < 4.78 is 0. The van der Waals surface area contributed by atoms with Crippen molar-refractivity contribution in [1.29, 1.82) is 0 Å². The van der Waals surface area contributed by atoms with Gasteiger partial charge in [0.2, 0.25) is 0 Å². The molecule has 6 nitrogen and oxygen atoms in total. The molecule has 2 aromatic rings. The number of nitrogens with one attached hydrogen (secondary N) is 1. The van der Waals surface area contributed by atoms with E-state index in [2.05, 4.69) is 15.3 Å². The minimum atomic E-state index is -0.341. The van der Waals surface area contributed by atoms with Crippen LogP contribution in [0.15, 0.2) is 42.9 Å². The number of amides is 1. The molecule has 2 heterocycles. The average Bonchev–Trinajstić information content (AvgIpc) is 2.52. The van der Waals surface area contributed by atoms with Crippen molar-refractivity contribution in [2.75, 3.05) is 0 Å². The van der Waals surface area contributed by atoms with Crippen LogP contribution < -0.4 is 5.32 Å². The molecule has 2 aromatic heterocycles. The predicted molar refractivity (Wildman–Crippen MR) is 83.8 cm³/mol. The quantitative estimate of drug-likeness (QED) is 0.773. The summed E-state index contributed by atoms with van der Waals surface area (Å²) in [4.78, 5) is 20.5. The van der Waals surface area contributed by atoms with Crippen LogP contribution in [-0.4, -0.2) is 38.2 Å². The molecule has 23 heavy (non-hydrogen) atoms. The Balaban J connectivity index is 1.73. The number of carbonyl (C=O) groups excluding carboxylic acids is 1. The Morgan fingerprint density at radius 3 is 2.78 bits per heavy atom. The van der Waals surface area contributed by atoms with Gasteiger partial charge in [0.25, 0.3) is 5.91 Å². The number of aromatic nitrogens is 2. The highest BCUT2D eigenvalue weighted by molar-refractivity contribution is 5.96. The van der Waals surface area contributed by atoms with Gasteiger partial charge in [0, 0.05) is 30.6 Å². The zero-order valence-corrected chi connectivity index (χ0v) is 12.6. The lowest BCUT2D eigenvalue weighted by molar-refractivity contribution is 0.0237. The van der Waals surface area contributed by atoms with Gasteiger partial charge in [-0.05, 0) is 37.0 Å². The van der Waals surface area contributed by atoms with Crippen LogP contribution in [0.2, 0.25) is 0 Å². The summed E-state index contributed by atoms with van der Waals surface area (Å²) in [7, 11) is 0. The first-order chi connectivity index (χ1) is 11.1. The van der Waals surface area contributed by atoms with Crippen LogP contribution in [0.1, 0.15) is 28.9 Å². The predicted octanol–water partition coefficient (Wildman–Crippen LogP) is 1.29. The van der Waals surface area contributed by atoms with Gasteiger partial charge in [-0.25, -0.2) is 0 Å². The van der Waals surface area contributed by atoms with Crippen molar-refractivity contribution in [3.8, 4) is 5.75 Å². The summed E-state index contributed by atoms with van der Waals surface area (Å²) in [5.74, 6) is -0.276. The van der Waals surface area contributed by atoms with E-state index in [1.54, 1.807) is 6.20 Å². The van der Waals surface area contributed by atoms with Crippen LogP contribution >= 0.6 is 0 Å². The molecule has 0 radical (unpaired) electrons. The third-order valence-electron chi connectivity index (χ3n) is 4.24. The van der Waals surface area contributed by atoms with E-state index in [9.17, 15) is 15.0 Å². The second kappa shape index (κ2) is 6.75. The van der Waals surface area contributed by atoms with Gasteiger partial charge >= 0.3 is 0 Å². The number of aliphatic hydroxyl groups excluding tert-OH is 1. The number of carbonyl (C=O) groups is 1. The molecule has 0 unspecified atom stereocenters. The van der Waals surface area contributed by atoms with Crippen molar-refractivity contribution >= 4 is 5.91 Å². The highest BCUT2D eigenvalue weighted by Crippen LogP contribution is 2.32. The lowest BCUT2D eigenvalue weighted by Gasteiger charge is -2.38. The fourth-order valence-corrected chi connectivity index (χ4v) is 2.86. The number of nitrogens with zero attached hydrogens (tertiary/aromatic N) is 2. The standard InChI is InChI=1S/C17H19N3O3/c21-13-7-11(8-13)15(9-12-3-1-2-5-19-12)20-17(23)14-4-6-18-10-16(14)22/h1-6,10-11,13,15,21-22H,7-9H2,(H,20,23)/t11?,13?,15-/m0/s1. The Kier molecular flexibility index (Phi) is 4.52. The van der Waals surface area contributed by atoms with Crippen LogP contribution in [0.4, 0.5) is 0 Å². The Morgan fingerprint density at radius 1 is 1.30 bits per heavy atom. The first kappa shape index (κ1) is 15.4. The third-order valence-corrected chi connectivity index (χ3v) is 4.24. The van der Waals surface area contributed by atoms with Crippen LogP contribution in [0, 0.1) is 5.92 Å². The van der Waals surface area contributed by atoms with Gasteiger partial charge < -0.3 is 15.5 Å². The molecule has 3 N–H and O–H groups in total. The first-order valence-electron chi connectivity index (χ1n) is 7.65. The van der Waals surface area contributed by atoms with Crippen molar-refractivity contribution in [3.63, 3.8) is 0 Å². The molecule has 3 rings (SSSR count). The summed E-state index contributed by atoms with van der Waals surface area (Å²) in [6, 6.07) is 7.02. The second-order valence-electron chi connectivity index (χ2n) is 5.88. The number of hydrogen-bond donors (Lipinski definition) is 3. The number of pyridine rings is 2. The second-order valence-corrected chi connectivity index (χ2v) is 5.88. The van der Waals surface area contributed by atoms with Gasteiger partial charge in [-0.2, -0.15) is 0 Å². The van der Waals surface area contributed by atoms with Crippen LogP contribution in [0.3, 0.4) is 0 Å². The molecule has 0 aromatic carbocycles. The molecule has 1 atom stereocenters. The monoisotopic (exact) mass is 313 g/mol. The molecule has 0 saturated heterocycles. The summed E-state index contributed by atoms with van der Waals surface area (Å²) in [6.07, 6.45) is 6.07. The minimum absolute atomic E-state index is 0.131. The fourth-order valence-electron chi connectivity index (χ4n) is 2.86. The zero-order chi connectivity index (χ0) is 16.2. The summed E-state index contributed by atoms with van der Waals surface area (Å²) >= 11 is 0. The van der Waals surface area contributed by atoms with E-state index >= 15 is 0 Å². The molecule has 1 aliphatic carbocycles. The van der Waals surface area contributed by atoms with E-state index in [1.165, 1.54) is 18.5 Å². The van der Waals surface area contributed by atoms with E-state index < -0.39 is 0 Å². The number of aliphatic hydroxyl groups is 1. The van der Waals surface area contributed by atoms with E-state index in [0.717, 1.165) is 5.69 Å². The van der Waals surface area contributed by atoms with E-state index in [1.807, 2.05) is 18.2 Å². The Bertz CT molecular complexity index is 672. The molecule has 0 spiro atoms. The Labute approximate surface area is 134 Å². The molecule has 1 aliphatic rings. The van der Waals surface area contributed by atoms with Crippen molar-refractivity contribution < 1.29 is 15.0 Å². The van der Waals surface area contributed by atoms with Crippen molar-refractivity contribution in [2.24, 2.45) is 5.92 Å². The smallest absolute Gasteiger partial charge is 0.255 e. The highest BCUT2D eigenvalue weighted by atomic mass is 16.3. The van der Waals surface area contributed by atoms with E-state index in [0.29, 0.717) is 19.3 Å². The molecular formula is C17H19N3O3. The summed E-state index contributed by atoms with van der Waals surface area (Å²) in [6.45, 7) is 0. The molecule has 0 bridgehead atoms. The summed E-state index contributed by atoms with van der Waals surface area (Å²) in [5.41, 5.74) is 1.09. The van der Waals surface area contributed by atoms with E-state index in [-0.39, 0.29) is 35.3 Å². The Hall–Kier alpha value is -2.47. The lowest BCUT2D eigenvalue weighted by Crippen LogP contribution is -2.48. The van der Waals surface area contributed by atoms with Gasteiger partial charge in [-0.15, -0.1) is 0 Å². The number of hydrogen-bond acceptors (Lipinski definition) is 5. The summed E-state index contributed by atoms with van der Waals surface area (Å²) in [5, 5.41) is 22.3. The van der Waals surface area contributed by atoms with Gasteiger partial charge in [0.1, 0.15) is 5.75 Å². The third kappa shape index (κ3) is 3.65. The normalized spacial score (nSPS) is 21.3. The van der Waals surface area contributed by atoms with Gasteiger partial charge in [0.05, 0.1) is 17.9 Å². The number of rotatable bonds is 5. The van der Waals surface area contributed by atoms with Crippen LogP contribution in [-0.2, 0) is 6.42 Å². The van der Waals surface area contributed by atoms with Crippen molar-refractivity contribution in [3.05, 3.63) is 54.1 Å².